The summed E-state index contributed by atoms with van der Waals surface area (Å²) < 4.78 is 5.43. The molecule has 0 N–H and O–H groups in total. The fraction of sp³-hybridized carbons (Fsp3) is 0.533. The van der Waals surface area contributed by atoms with Gasteiger partial charge < -0.3 is 9.64 Å². The van der Waals surface area contributed by atoms with E-state index < -0.39 is 5.60 Å². The van der Waals surface area contributed by atoms with Crippen LogP contribution in [0.15, 0.2) is 18.2 Å². The lowest BCUT2D eigenvalue weighted by molar-refractivity contribution is 0.0209. The van der Waals surface area contributed by atoms with E-state index in [1.165, 1.54) is 5.56 Å². The van der Waals surface area contributed by atoms with Crippen molar-refractivity contribution in [3.8, 4) is 0 Å². The molecule has 1 atom stereocenters. The summed E-state index contributed by atoms with van der Waals surface area (Å²) in [6.07, 6.45) is -0.257. The molecule has 0 aliphatic carbocycles. The Kier molecular flexibility index (Phi) is 3.61. The number of rotatable bonds is 0. The van der Waals surface area contributed by atoms with Gasteiger partial charge in [-0.2, -0.15) is 0 Å². The van der Waals surface area contributed by atoms with Crippen LogP contribution < -0.4 is 5.46 Å². The molecule has 1 unspecified atom stereocenters. The molecule has 1 amide bonds. The molecule has 0 fully saturated rings. The quantitative estimate of drug-likeness (QED) is 0.667. The molecule has 2 rings (SSSR count). The summed E-state index contributed by atoms with van der Waals surface area (Å²) in [6, 6.07) is 5.92. The Balaban J connectivity index is 2.18. The van der Waals surface area contributed by atoms with Crippen LogP contribution in [0.2, 0.25) is 0 Å². The van der Waals surface area contributed by atoms with Crippen molar-refractivity contribution >= 4 is 19.4 Å². The number of ether oxygens (including phenoxy) is 1. The Hall–Kier alpha value is -1.45. The first kappa shape index (κ1) is 14.0. The predicted octanol–water partition coefficient (Wildman–Crippen LogP) is 2.33. The van der Waals surface area contributed by atoms with E-state index >= 15 is 0 Å². The molecule has 0 saturated carbocycles. The molecule has 4 heteroatoms. The molecule has 1 aromatic rings. The van der Waals surface area contributed by atoms with E-state index in [4.69, 9.17) is 12.6 Å². The smallest absolute Gasteiger partial charge is 0.410 e. The third-order valence-corrected chi connectivity index (χ3v) is 3.21. The summed E-state index contributed by atoms with van der Waals surface area (Å²) in [5.74, 6) is 0.303. The zero-order chi connectivity index (χ0) is 14.2. The zero-order valence-corrected chi connectivity index (χ0v) is 12.1. The van der Waals surface area contributed by atoms with Crippen LogP contribution in [0.25, 0.3) is 0 Å². The third kappa shape index (κ3) is 3.31. The fourth-order valence-corrected chi connectivity index (χ4v) is 2.41. The summed E-state index contributed by atoms with van der Waals surface area (Å²) in [7, 11) is 5.82. The minimum atomic E-state index is -0.462. The number of fused-ring (bicyclic) bond motifs is 1. The van der Waals surface area contributed by atoms with Crippen molar-refractivity contribution in [1.82, 2.24) is 4.90 Å². The lowest BCUT2D eigenvalue weighted by Crippen LogP contribution is -2.41. The van der Waals surface area contributed by atoms with Crippen molar-refractivity contribution in [3.63, 3.8) is 0 Å². The molecule has 0 spiro atoms. The van der Waals surface area contributed by atoms with E-state index in [1.807, 2.05) is 32.9 Å². The molecule has 2 radical (unpaired) electrons. The first-order valence-electron chi connectivity index (χ1n) is 6.62. The molecule has 100 valence electrons. The molecule has 0 aromatic heterocycles. The van der Waals surface area contributed by atoms with E-state index in [1.54, 1.807) is 4.90 Å². The second kappa shape index (κ2) is 4.91. The Labute approximate surface area is 116 Å². The van der Waals surface area contributed by atoms with Gasteiger partial charge in [0.05, 0.1) is 0 Å². The maximum Gasteiger partial charge on any atom is 0.410 e. The standard InChI is InChI=1S/C15H20BNO2/c1-10-8-17(14(18)19-15(2,3)4)9-11-7-12(16)5-6-13(10)11/h5-7,10H,8-9H2,1-4H3. The van der Waals surface area contributed by atoms with Crippen LogP contribution in [0.3, 0.4) is 0 Å². The number of carbonyl (C=O) groups is 1. The van der Waals surface area contributed by atoms with Gasteiger partial charge in [-0.25, -0.2) is 4.79 Å². The zero-order valence-electron chi connectivity index (χ0n) is 12.1. The van der Waals surface area contributed by atoms with Crippen molar-refractivity contribution in [2.45, 2.75) is 45.8 Å². The van der Waals surface area contributed by atoms with Crippen LogP contribution in [-0.2, 0) is 11.3 Å². The molecular formula is C15H20BNO2. The maximum absolute atomic E-state index is 12.1. The van der Waals surface area contributed by atoms with Crippen LogP contribution in [0.1, 0.15) is 44.7 Å². The minimum Gasteiger partial charge on any atom is -0.444 e. The van der Waals surface area contributed by atoms with E-state index in [0.717, 1.165) is 11.0 Å². The van der Waals surface area contributed by atoms with Gasteiger partial charge in [0.1, 0.15) is 13.4 Å². The second-order valence-corrected chi connectivity index (χ2v) is 6.22. The number of carbonyl (C=O) groups excluding carboxylic acids is 1. The lowest BCUT2D eigenvalue weighted by Gasteiger charge is -2.34. The first-order chi connectivity index (χ1) is 8.76. The van der Waals surface area contributed by atoms with Crippen molar-refractivity contribution in [3.05, 3.63) is 29.3 Å². The van der Waals surface area contributed by atoms with E-state index in [-0.39, 0.29) is 6.09 Å². The molecule has 1 aliphatic heterocycles. The molecule has 19 heavy (non-hydrogen) atoms. The van der Waals surface area contributed by atoms with Gasteiger partial charge in [-0.15, -0.1) is 0 Å². The molecule has 0 saturated heterocycles. The van der Waals surface area contributed by atoms with Crippen LogP contribution in [0, 0.1) is 0 Å². The summed E-state index contributed by atoms with van der Waals surface area (Å²) in [6.45, 7) is 9.01. The van der Waals surface area contributed by atoms with Crippen LogP contribution in [0.5, 0.6) is 0 Å². The number of nitrogens with zero attached hydrogens (tertiary/aromatic N) is 1. The van der Waals surface area contributed by atoms with Crippen LogP contribution >= 0.6 is 0 Å². The van der Waals surface area contributed by atoms with Crippen LogP contribution in [0.4, 0.5) is 4.79 Å². The van der Waals surface area contributed by atoms with Gasteiger partial charge in [0.2, 0.25) is 0 Å². The predicted molar refractivity (Wildman–Crippen MR) is 76.9 cm³/mol. The summed E-state index contributed by atoms with van der Waals surface area (Å²) >= 11 is 0. The van der Waals surface area contributed by atoms with Gasteiger partial charge >= 0.3 is 6.09 Å². The average Bonchev–Trinajstić information content (AvgIpc) is 2.25. The average molecular weight is 257 g/mol. The number of hydrogen-bond donors (Lipinski definition) is 0. The van der Waals surface area contributed by atoms with Gasteiger partial charge in [-0.05, 0) is 37.8 Å². The molecule has 3 nitrogen and oxygen atoms in total. The second-order valence-electron chi connectivity index (χ2n) is 6.22. The molecule has 1 aliphatic rings. The Morgan fingerprint density at radius 1 is 1.42 bits per heavy atom. The van der Waals surface area contributed by atoms with Crippen LogP contribution in [-0.4, -0.2) is 31.0 Å². The Morgan fingerprint density at radius 3 is 2.74 bits per heavy atom. The summed E-state index contributed by atoms with van der Waals surface area (Å²) in [5, 5.41) is 0. The molecule has 0 bridgehead atoms. The Morgan fingerprint density at radius 2 is 2.11 bits per heavy atom. The van der Waals surface area contributed by atoms with Gasteiger partial charge in [0.15, 0.2) is 0 Å². The van der Waals surface area contributed by atoms with Crippen molar-refractivity contribution in [1.29, 1.82) is 0 Å². The summed E-state index contributed by atoms with van der Waals surface area (Å²) in [5.41, 5.74) is 2.66. The molecule has 1 aromatic carbocycles. The lowest BCUT2D eigenvalue weighted by atomic mass is 9.85. The van der Waals surface area contributed by atoms with Gasteiger partial charge in [-0.1, -0.05) is 30.6 Å². The van der Waals surface area contributed by atoms with Crippen molar-refractivity contribution < 1.29 is 9.53 Å². The SMILES string of the molecule is [B]c1ccc2c(c1)CN(C(=O)OC(C)(C)C)CC2C. The fourth-order valence-electron chi connectivity index (χ4n) is 2.41. The van der Waals surface area contributed by atoms with Gasteiger partial charge in [-0.3, -0.25) is 0 Å². The molecule has 1 heterocycles. The highest BCUT2D eigenvalue weighted by Crippen LogP contribution is 2.28. The third-order valence-electron chi connectivity index (χ3n) is 3.21. The minimum absolute atomic E-state index is 0.257. The van der Waals surface area contributed by atoms with Gasteiger partial charge in [0.25, 0.3) is 0 Å². The molecular weight excluding hydrogens is 237 g/mol. The van der Waals surface area contributed by atoms with Crippen molar-refractivity contribution in [2.24, 2.45) is 0 Å². The normalized spacial score (nSPS) is 18.9. The van der Waals surface area contributed by atoms with Gasteiger partial charge in [0, 0.05) is 13.1 Å². The summed E-state index contributed by atoms with van der Waals surface area (Å²) in [4.78, 5) is 13.9. The highest BCUT2D eigenvalue weighted by Gasteiger charge is 2.28. The number of amides is 1. The topological polar surface area (TPSA) is 29.5 Å². The maximum atomic E-state index is 12.1. The van der Waals surface area contributed by atoms with Crippen molar-refractivity contribution in [2.75, 3.05) is 6.54 Å². The monoisotopic (exact) mass is 257 g/mol. The van der Waals surface area contributed by atoms with E-state index in [2.05, 4.69) is 13.0 Å². The highest BCUT2D eigenvalue weighted by molar-refractivity contribution is 6.32. The first-order valence-corrected chi connectivity index (χ1v) is 6.62. The van der Waals surface area contributed by atoms with E-state index in [9.17, 15) is 4.79 Å². The highest BCUT2D eigenvalue weighted by atomic mass is 16.6. The largest absolute Gasteiger partial charge is 0.444 e. The Bertz CT molecular complexity index is 493. The number of hydrogen-bond acceptors (Lipinski definition) is 2. The number of benzene rings is 1. The van der Waals surface area contributed by atoms with E-state index in [0.29, 0.717) is 19.0 Å².